The van der Waals surface area contributed by atoms with Gasteiger partial charge >= 0.3 is 13.7 Å². The van der Waals surface area contributed by atoms with Gasteiger partial charge in [-0.3, -0.25) is 13.9 Å². The van der Waals surface area contributed by atoms with E-state index in [1.54, 1.807) is 51.1 Å². The van der Waals surface area contributed by atoms with Crippen molar-refractivity contribution < 1.29 is 37.0 Å². The molecule has 1 aliphatic rings. The molecule has 12 nitrogen and oxygen atoms in total. The molecule has 3 aromatic rings. The fourth-order valence-electron chi connectivity index (χ4n) is 4.29. The Morgan fingerprint density at radius 2 is 2.00 bits per heavy atom. The summed E-state index contributed by atoms with van der Waals surface area (Å²) in [4.78, 5) is 25.4. The molecule has 2 aromatic heterocycles. The summed E-state index contributed by atoms with van der Waals surface area (Å²) in [7, 11) is -4.14. The second-order valence-corrected chi connectivity index (χ2v) is 11.7. The molecule has 0 spiro atoms. The van der Waals surface area contributed by atoms with Gasteiger partial charge in [0.25, 0.3) is 0 Å². The van der Waals surface area contributed by atoms with E-state index in [9.17, 15) is 9.36 Å². The Morgan fingerprint density at radius 1 is 1.27 bits per heavy atom. The van der Waals surface area contributed by atoms with Crippen molar-refractivity contribution in [3.05, 3.63) is 42.5 Å². The maximum absolute atomic E-state index is 15.9. The molecule has 1 fully saturated rings. The average molecular weight is 580 g/mol. The number of rotatable bonds is 12. The Hall–Kier alpha value is -3.12. The van der Waals surface area contributed by atoms with E-state index in [-0.39, 0.29) is 24.9 Å². The van der Waals surface area contributed by atoms with Gasteiger partial charge in [-0.1, -0.05) is 18.2 Å². The number of nitrogens with zero attached hydrogens (tertiary/aromatic N) is 4. The van der Waals surface area contributed by atoms with Crippen molar-refractivity contribution in [2.75, 3.05) is 13.2 Å². The summed E-state index contributed by atoms with van der Waals surface area (Å²) in [6.07, 6.45) is -0.914. The topological polar surface area (TPSA) is 136 Å². The molecule has 0 aliphatic carbocycles. The van der Waals surface area contributed by atoms with E-state index in [4.69, 9.17) is 23.3 Å². The molecule has 14 heteroatoms. The highest BCUT2D eigenvalue weighted by atomic mass is 31.2. The van der Waals surface area contributed by atoms with Crippen molar-refractivity contribution >= 4 is 24.9 Å². The van der Waals surface area contributed by atoms with Crippen molar-refractivity contribution in [2.24, 2.45) is 0 Å². The van der Waals surface area contributed by atoms with E-state index in [1.807, 2.05) is 6.92 Å². The molecular formula is C26H35FN5O7P. The van der Waals surface area contributed by atoms with Gasteiger partial charge in [-0.2, -0.15) is 10.1 Å². The first-order valence-corrected chi connectivity index (χ1v) is 14.6. The van der Waals surface area contributed by atoms with Crippen LogP contribution in [-0.4, -0.2) is 62.6 Å². The van der Waals surface area contributed by atoms with Gasteiger partial charge in [-0.25, -0.2) is 18.9 Å². The van der Waals surface area contributed by atoms with Crippen LogP contribution in [0.3, 0.4) is 0 Å². The van der Waals surface area contributed by atoms with Gasteiger partial charge in [0, 0.05) is 6.42 Å². The number of nitrogens with one attached hydrogen (secondary N) is 1. The fraction of sp³-hybridized carbons (Fsp3) is 0.538. The van der Waals surface area contributed by atoms with E-state index >= 15 is 4.39 Å². The van der Waals surface area contributed by atoms with Crippen molar-refractivity contribution in [3.8, 4) is 11.6 Å². The predicted octanol–water partition coefficient (Wildman–Crippen LogP) is 4.68. The maximum atomic E-state index is 15.9. The van der Waals surface area contributed by atoms with Gasteiger partial charge in [0.2, 0.25) is 5.88 Å². The van der Waals surface area contributed by atoms with Crippen LogP contribution >= 0.6 is 7.75 Å². The number of hydrogen-bond donors (Lipinski definition) is 1. The van der Waals surface area contributed by atoms with E-state index in [0.717, 1.165) is 0 Å². The predicted molar refractivity (Wildman–Crippen MR) is 144 cm³/mol. The third kappa shape index (κ3) is 6.95. The molecule has 0 unspecified atom stereocenters. The first-order valence-electron chi connectivity index (χ1n) is 13.1. The van der Waals surface area contributed by atoms with Crippen LogP contribution in [0.15, 0.2) is 36.7 Å². The first kappa shape index (κ1) is 29.9. The normalized spacial score (nSPS) is 23.2. The monoisotopic (exact) mass is 579 g/mol. The van der Waals surface area contributed by atoms with Crippen LogP contribution in [0.5, 0.6) is 11.6 Å². The maximum Gasteiger partial charge on any atom is 0.459 e. The van der Waals surface area contributed by atoms with Crippen molar-refractivity contribution in [1.82, 2.24) is 24.6 Å². The van der Waals surface area contributed by atoms with Gasteiger partial charge in [-0.05, 0) is 53.7 Å². The summed E-state index contributed by atoms with van der Waals surface area (Å²) in [6, 6.07) is 7.35. The Labute approximate surface area is 232 Å². The lowest BCUT2D eigenvalue weighted by molar-refractivity contribution is -0.149. The van der Waals surface area contributed by atoms with E-state index < -0.39 is 37.8 Å². The van der Waals surface area contributed by atoms with Gasteiger partial charge in [0.1, 0.15) is 17.6 Å². The zero-order chi connectivity index (χ0) is 29.1. The number of fused-ring (bicyclic) bond motifs is 1. The van der Waals surface area contributed by atoms with Crippen molar-refractivity contribution in [3.63, 3.8) is 0 Å². The van der Waals surface area contributed by atoms with Gasteiger partial charge in [0.05, 0.1) is 31.7 Å². The molecule has 40 heavy (non-hydrogen) atoms. The quantitative estimate of drug-likeness (QED) is 0.237. The summed E-state index contributed by atoms with van der Waals surface area (Å²) in [5.74, 6) is 0.372. The molecule has 0 saturated carbocycles. The Balaban J connectivity index is 1.52. The molecule has 0 radical (unpaired) electrons. The summed E-state index contributed by atoms with van der Waals surface area (Å²) >= 11 is 0. The van der Waals surface area contributed by atoms with E-state index in [0.29, 0.717) is 29.5 Å². The van der Waals surface area contributed by atoms with Gasteiger partial charge in [-0.15, -0.1) is 0 Å². The minimum absolute atomic E-state index is 0.0734. The smallest absolute Gasteiger partial charge is 0.459 e. The average Bonchev–Trinajstić information content (AvgIpc) is 3.42. The summed E-state index contributed by atoms with van der Waals surface area (Å²) in [6.45, 7) is 9.93. The number of benzene rings is 1. The van der Waals surface area contributed by atoms with Crippen LogP contribution in [0.25, 0.3) is 11.2 Å². The Kier molecular flexibility index (Phi) is 9.09. The fourth-order valence-corrected chi connectivity index (χ4v) is 5.81. The molecular weight excluding hydrogens is 544 g/mol. The van der Waals surface area contributed by atoms with E-state index in [2.05, 4.69) is 20.0 Å². The lowest BCUT2D eigenvalue weighted by Gasteiger charge is -2.24. The largest absolute Gasteiger partial charge is 0.476 e. The second kappa shape index (κ2) is 12.2. The number of ether oxygens (including phenoxy) is 3. The van der Waals surface area contributed by atoms with Crippen LogP contribution < -0.4 is 14.3 Å². The van der Waals surface area contributed by atoms with Crippen molar-refractivity contribution in [1.29, 1.82) is 0 Å². The third-order valence-electron chi connectivity index (χ3n) is 5.95. The number of alkyl halides is 1. The zero-order valence-corrected chi connectivity index (χ0v) is 24.3. The Bertz CT molecular complexity index is 1370. The number of carbonyl (C=O) groups is 1. The molecule has 1 aliphatic heterocycles. The highest BCUT2D eigenvalue weighted by Gasteiger charge is 2.48. The Morgan fingerprint density at radius 3 is 2.67 bits per heavy atom. The van der Waals surface area contributed by atoms with Crippen LogP contribution in [0.2, 0.25) is 0 Å². The SMILES string of the molecule is CCOc1nc(C)nc2c1ncn2[C@@H]1O[C@H](CO[P@](=O)(N[C@H](C)C(=O)OC(C)C)Oc2ccccc2)C[C@@]1(C)F. The number of aromatic nitrogens is 4. The standard InChI is InChI=1S/C26H35FN5O7P/c1-7-35-23-21-22(29-18(5)30-23)32(15-28-21)25-26(6,27)13-20(38-25)14-36-40(34,39-19-11-9-8-10-12-19)31-17(4)24(33)37-16(2)3/h8-12,15-17,20,25H,7,13-14H2,1-6H3,(H,31,34)/t17-,20+,25-,26-,40-/m1/s1. The zero-order valence-electron chi connectivity index (χ0n) is 23.4. The summed E-state index contributed by atoms with van der Waals surface area (Å²) in [5, 5.41) is 2.62. The third-order valence-corrected chi connectivity index (χ3v) is 7.60. The van der Waals surface area contributed by atoms with Crippen LogP contribution in [-0.2, 0) is 23.4 Å². The molecule has 5 atom stereocenters. The molecule has 0 amide bonds. The minimum Gasteiger partial charge on any atom is -0.476 e. The molecule has 4 rings (SSSR count). The molecule has 1 aromatic carbocycles. The number of carbonyl (C=O) groups excluding carboxylic acids is 1. The highest BCUT2D eigenvalue weighted by Crippen LogP contribution is 2.48. The van der Waals surface area contributed by atoms with Crippen LogP contribution in [0.1, 0.15) is 53.1 Å². The number of esters is 1. The number of imidazole rings is 1. The number of hydrogen-bond acceptors (Lipinski definition) is 10. The lowest BCUT2D eigenvalue weighted by atomic mass is 10.0. The number of halogens is 1. The van der Waals surface area contributed by atoms with Gasteiger partial charge in [0.15, 0.2) is 23.1 Å². The van der Waals surface area contributed by atoms with Crippen LogP contribution in [0.4, 0.5) is 4.39 Å². The molecule has 0 bridgehead atoms. The lowest BCUT2D eigenvalue weighted by Crippen LogP contribution is -2.36. The van der Waals surface area contributed by atoms with Crippen molar-refractivity contribution in [2.45, 2.75) is 78.1 Å². The van der Waals surface area contributed by atoms with E-state index in [1.165, 1.54) is 24.7 Å². The molecule has 3 heterocycles. The first-order chi connectivity index (χ1) is 18.9. The second-order valence-electron chi connectivity index (χ2n) is 9.96. The summed E-state index contributed by atoms with van der Waals surface area (Å²) in [5.41, 5.74) is -1.10. The molecule has 1 N–H and O–H groups in total. The number of aryl methyl sites for hydroxylation is 1. The highest BCUT2D eigenvalue weighted by molar-refractivity contribution is 7.52. The number of para-hydroxylation sites is 1. The van der Waals surface area contributed by atoms with Crippen LogP contribution in [0, 0.1) is 6.92 Å². The summed E-state index contributed by atoms with van der Waals surface area (Å²) < 4.78 is 59.3. The molecule has 1 saturated heterocycles. The van der Waals surface area contributed by atoms with Gasteiger partial charge < -0.3 is 18.7 Å². The molecule has 218 valence electrons. The minimum atomic E-state index is -4.14.